The number of likely N-dealkylation sites (N-methyl/N-ethyl adjacent to an activating group) is 4. The number of fused-ring (bicyclic) bond motifs is 8. The highest BCUT2D eigenvalue weighted by Gasteiger charge is 2.29. The first-order valence-electron chi connectivity index (χ1n) is 40.0. The molecular weight excluding hydrogens is 1360 g/mol. The van der Waals surface area contributed by atoms with Gasteiger partial charge in [0.15, 0.2) is 0 Å². The van der Waals surface area contributed by atoms with Gasteiger partial charge in [-0.2, -0.15) is 0 Å². The number of hydrogen-bond acceptors (Lipinski definition) is 8. The predicted octanol–water partition coefficient (Wildman–Crippen LogP) is 5.95. The Morgan fingerprint density at radius 3 is 0.578 bits per heavy atom. The van der Waals surface area contributed by atoms with Gasteiger partial charge in [-0.3, -0.25) is 0 Å². The number of halogens is 4. The van der Waals surface area contributed by atoms with Crippen LogP contribution in [0.25, 0.3) is 0 Å². The Kier molecular flexibility index (Phi) is 51.0. The van der Waals surface area contributed by atoms with Crippen LogP contribution in [0, 0.1) is 0 Å². The maximum Gasteiger partial charge on any atom is 0.126 e. The van der Waals surface area contributed by atoms with Crippen LogP contribution in [-0.4, -0.2) is 174 Å². The first-order chi connectivity index (χ1) is 47.2. The summed E-state index contributed by atoms with van der Waals surface area (Å²) in [6.45, 7) is 17.1. The summed E-state index contributed by atoms with van der Waals surface area (Å²) < 4.78 is 31.8. The summed E-state index contributed by atoms with van der Waals surface area (Å²) in [5.41, 5.74) is 13.8. The second kappa shape index (κ2) is 53.7. The minimum absolute atomic E-state index is 0. The molecule has 0 aromatic heterocycles. The average molecular weight is 1510 g/mol. The van der Waals surface area contributed by atoms with Gasteiger partial charge in [0.05, 0.1) is 109 Å². The summed E-state index contributed by atoms with van der Waals surface area (Å²) in [5.74, 6) is 3.73. The zero-order chi connectivity index (χ0) is 71.1. The lowest BCUT2D eigenvalue weighted by Gasteiger charge is -2.31. The molecule has 0 amide bonds. The van der Waals surface area contributed by atoms with Crippen molar-refractivity contribution < 1.29 is 107 Å². The highest BCUT2D eigenvalue weighted by Crippen LogP contribution is 2.42. The molecule has 16 heteroatoms. The highest BCUT2D eigenvalue weighted by atomic mass is 35.5. The van der Waals surface area contributed by atoms with Crippen LogP contribution < -0.4 is 68.6 Å². The predicted molar refractivity (Wildman–Crippen MR) is 411 cm³/mol. The van der Waals surface area contributed by atoms with Crippen molar-refractivity contribution in [3.63, 3.8) is 0 Å². The Hall–Kier alpha value is -3.08. The van der Waals surface area contributed by atoms with Gasteiger partial charge in [-0.05, 0) is 119 Å². The molecule has 102 heavy (non-hydrogen) atoms. The molecule has 12 nitrogen and oxygen atoms in total. The van der Waals surface area contributed by atoms with E-state index in [1.807, 2.05) is 0 Å². The summed E-state index contributed by atoms with van der Waals surface area (Å²) in [5, 5.41) is 41.9. The fourth-order valence-electron chi connectivity index (χ4n) is 15.0. The lowest BCUT2D eigenvalue weighted by atomic mass is 9.88. The van der Waals surface area contributed by atoms with Crippen molar-refractivity contribution in [2.24, 2.45) is 0 Å². The monoisotopic (exact) mass is 1510 g/mol. The van der Waals surface area contributed by atoms with E-state index in [-0.39, 0.29) is 76.1 Å². The number of rotatable bonds is 54. The van der Waals surface area contributed by atoms with Gasteiger partial charge in [0.1, 0.15) is 75.4 Å². The van der Waals surface area contributed by atoms with Gasteiger partial charge >= 0.3 is 0 Å². The average Bonchev–Trinajstić information content (AvgIpc) is 0.774. The van der Waals surface area contributed by atoms with Crippen molar-refractivity contribution in [1.29, 1.82) is 0 Å². The third-order valence-corrected chi connectivity index (χ3v) is 20.4. The number of unbranched alkanes of at least 4 members (excludes halogenated alkanes) is 26. The molecule has 5 rings (SSSR count). The molecule has 0 unspecified atom stereocenters. The molecule has 1 aliphatic carbocycles. The zero-order valence-corrected chi connectivity index (χ0v) is 69.7. The molecular formula is C86H148Cl4N4O8. The van der Waals surface area contributed by atoms with Crippen LogP contribution in [0.1, 0.15) is 287 Å². The second-order valence-electron chi connectivity index (χ2n) is 32.4. The number of benzene rings is 4. The number of hydrogen-bond donors (Lipinski definition) is 4. The van der Waals surface area contributed by atoms with Crippen molar-refractivity contribution in [3.05, 3.63) is 115 Å². The Bertz CT molecular complexity index is 2570. The fraction of sp³-hybridized carbons (Fsp3) is 0.721. The Labute approximate surface area is 648 Å². The van der Waals surface area contributed by atoms with Crippen LogP contribution in [-0.2, 0) is 51.9 Å². The molecule has 0 radical (unpaired) electrons. The number of quaternary nitrogens is 4. The van der Waals surface area contributed by atoms with Crippen LogP contribution >= 0.6 is 0 Å². The Morgan fingerprint density at radius 1 is 0.245 bits per heavy atom. The van der Waals surface area contributed by atoms with E-state index in [4.69, 9.17) is 18.9 Å². The molecule has 0 heterocycles. The van der Waals surface area contributed by atoms with E-state index in [1.165, 1.54) is 176 Å². The highest BCUT2D eigenvalue weighted by molar-refractivity contribution is 5.58. The van der Waals surface area contributed by atoms with Gasteiger partial charge < -0.3 is 107 Å². The van der Waals surface area contributed by atoms with Gasteiger partial charge in [-0.1, -0.05) is 195 Å². The molecule has 0 saturated heterocycles. The van der Waals surface area contributed by atoms with Crippen molar-refractivity contribution in [1.82, 2.24) is 0 Å². The minimum Gasteiger partial charge on any atom is -1.00 e. The lowest BCUT2D eigenvalue weighted by Crippen LogP contribution is -3.00. The molecule has 0 fully saturated rings. The standard InChI is InChI=1S/C86H148N4O8.4ClH/c1-13-17-19-21-23-25-27-29-31-33-35-37-39-41-53-97-85-79-59-73(69-89(9,10)45-49-93)60-80(85)64-76-56-72(68-88(7,8)44-48-92)58-78(84(76)96-52-16-4)66-82-62-74(70-90(11,12)46-50-94)61-81(86(82)98-54-42-40-38-36-34-32-30-28-26-24-22-20-18-14-2)65-77-57-71(67-87(5,6)43-47-91)55-75(63-79)83(77)95-51-15-3;;;;/h55-62,91-94H,13-54,63-70H2,1-12H3;4*1H/q+4;;;;/p-4. The fourth-order valence-corrected chi connectivity index (χ4v) is 15.0. The quantitative estimate of drug-likeness (QED) is 0.0279. The molecule has 0 saturated carbocycles. The van der Waals surface area contributed by atoms with Gasteiger partial charge in [-0.25, -0.2) is 0 Å². The number of aliphatic hydroxyl groups excluding tert-OH is 4. The van der Waals surface area contributed by atoms with E-state index in [0.29, 0.717) is 96.2 Å². The van der Waals surface area contributed by atoms with E-state index in [1.54, 1.807) is 0 Å². The van der Waals surface area contributed by atoms with Crippen LogP contribution in [0.15, 0.2) is 48.5 Å². The zero-order valence-electron chi connectivity index (χ0n) is 66.7. The van der Waals surface area contributed by atoms with Crippen LogP contribution in [0.3, 0.4) is 0 Å². The van der Waals surface area contributed by atoms with E-state index >= 15 is 0 Å². The summed E-state index contributed by atoms with van der Waals surface area (Å²) in [7, 11) is 17.8. The SMILES string of the molecule is CCCCCCCCCCCCCCCCOc1c2cc(C[N+](C)(C)CCO)cc1Cc1cc(C[N+](C)(C)CCO)cc(c1OCCC)Cc1cc(C[N+](C)(C)CCO)cc(c1OCCCCCCCCCCCCCCCC)Cc1cc(C[N+](C)(C)CCO)cc(c1OCCC)C2.[Cl-].[Cl-].[Cl-].[Cl-]. The summed E-state index contributed by atoms with van der Waals surface area (Å²) in [6.07, 6.45) is 40.4. The topological polar surface area (TPSA) is 118 Å². The minimum atomic E-state index is 0. The molecule has 8 bridgehead atoms. The smallest absolute Gasteiger partial charge is 0.126 e. The Morgan fingerprint density at radius 2 is 0.412 bits per heavy atom. The van der Waals surface area contributed by atoms with Crippen LogP contribution in [0.5, 0.6) is 23.0 Å². The largest absolute Gasteiger partial charge is 1.00 e. The molecule has 0 atom stereocenters. The van der Waals surface area contributed by atoms with E-state index in [2.05, 4.69) is 133 Å². The second-order valence-corrected chi connectivity index (χ2v) is 32.4. The van der Waals surface area contributed by atoms with Crippen molar-refractivity contribution >= 4 is 0 Å². The summed E-state index contributed by atoms with van der Waals surface area (Å²) in [4.78, 5) is 0. The maximum atomic E-state index is 10.5. The van der Waals surface area contributed by atoms with Gasteiger partial charge in [0.25, 0.3) is 0 Å². The number of aliphatic hydroxyl groups is 4. The normalized spacial score (nSPS) is 12.5. The van der Waals surface area contributed by atoms with E-state index in [9.17, 15) is 20.4 Å². The number of ether oxygens (including phenoxy) is 4. The molecule has 1 aliphatic rings. The molecule has 588 valence electrons. The van der Waals surface area contributed by atoms with Crippen molar-refractivity contribution in [3.8, 4) is 23.0 Å². The van der Waals surface area contributed by atoms with Gasteiger partial charge in [-0.15, -0.1) is 0 Å². The first kappa shape index (κ1) is 96.9. The molecule has 4 N–H and O–H groups in total. The van der Waals surface area contributed by atoms with Crippen molar-refractivity contribution in [2.75, 3.05) is 135 Å². The first-order valence-corrected chi connectivity index (χ1v) is 40.0. The third-order valence-electron chi connectivity index (χ3n) is 20.4. The number of nitrogens with zero attached hydrogens (tertiary/aromatic N) is 4. The molecule has 0 spiro atoms. The van der Waals surface area contributed by atoms with Gasteiger partial charge in [0, 0.05) is 47.9 Å². The maximum absolute atomic E-state index is 10.5. The Balaban J connectivity index is 0.0000130. The van der Waals surface area contributed by atoms with Crippen LogP contribution in [0.4, 0.5) is 0 Å². The van der Waals surface area contributed by atoms with Gasteiger partial charge in [0.2, 0.25) is 0 Å². The van der Waals surface area contributed by atoms with E-state index < -0.39 is 0 Å². The lowest BCUT2D eigenvalue weighted by molar-refractivity contribution is -0.903. The summed E-state index contributed by atoms with van der Waals surface area (Å²) in [6, 6.07) is 19.2. The van der Waals surface area contributed by atoms with Crippen molar-refractivity contribution in [2.45, 2.75) is 272 Å². The molecule has 4 aromatic carbocycles. The summed E-state index contributed by atoms with van der Waals surface area (Å²) >= 11 is 0. The third kappa shape index (κ3) is 37.2. The molecule has 0 aliphatic heterocycles. The van der Waals surface area contributed by atoms with E-state index in [0.717, 1.165) is 132 Å². The van der Waals surface area contributed by atoms with Crippen LogP contribution in [0.2, 0.25) is 0 Å². The molecule has 4 aromatic rings.